The van der Waals surface area contributed by atoms with Crippen LogP contribution in [0.1, 0.15) is 12.6 Å². The fourth-order valence-corrected chi connectivity index (χ4v) is 2.80. The Morgan fingerprint density at radius 3 is 2.33 bits per heavy atom. The van der Waals surface area contributed by atoms with Crippen LogP contribution in [-0.2, 0) is 0 Å². The van der Waals surface area contributed by atoms with Gasteiger partial charge in [-0.2, -0.15) is 0 Å². The minimum absolute atomic E-state index is 0.0249. The van der Waals surface area contributed by atoms with E-state index in [2.05, 4.69) is 9.97 Å². The summed E-state index contributed by atoms with van der Waals surface area (Å²) in [7, 11) is 3.20. The zero-order valence-electron chi connectivity index (χ0n) is 15.6. The highest BCUT2D eigenvalue weighted by molar-refractivity contribution is 5.95. The lowest BCUT2D eigenvalue weighted by atomic mass is 10.2. The van der Waals surface area contributed by atoms with Crippen molar-refractivity contribution in [3.8, 4) is 11.5 Å². The topological polar surface area (TPSA) is 91.6 Å². The highest BCUT2D eigenvalue weighted by Crippen LogP contribution is 2.33. The molecule has 0 bridgehead atoms. The van der Waals surface area contributed by atoms with Crippen molar-refractivity contribution in [1.82, 2.24) is 9.97 Å². The lowest BCUT2D eigenvalue weighted by Gasteiger charge is -2.25. The maximum Gasteiger partial charge on any atom is 0.124 e. The maximum atomic E-state index is 9.58. The molecule has 7 nitrogen and oxygen atoms in total. The fraction of sp³-hybridized carbons (Fsp3) is 0.250. The highest BCUT2D eigenvalue weighted by Gasteiger charge is 2.13. The van der Waals surface area contributed by atoms with Gasteiger partial charge in [0.05, 0.1) is 43.8 Å². The number of aromatic nitrogens is 2. The first-order valence-corrected chi connectivity index (χ1v) is 8.49. The zero-order valence-corrected chi connectivity index (χ0v) is 15.6. The van der Waals surface area contributed by atoms with E-state index in [0.717, 1.165) is 16.9 Å². The van der Waals surface area contributed by atoms with E-state index >= 15 is 0 Å². The molecule has 27 heavy (non-hydrogen) atoms. The predicted molar refractivity (Wildman–Crippen MR) is 106 cm³/mol. The zero-order chi connectivity index (χ0) is 19.4. The Morgan fingerprint density at radius 1 is 1.04 bits per heavy atom. The molecule has 1 heterocycles. The maximum absolute atomic E-state index is 9.58. The molecule has 0 amide bonds. The molecule has 3 rings (SSSR count). The van der Waals surface area contributed by atoms with Crippen molar-refractivity contribution < 1.29 is 14.6 Å². The Bertz CT molecular complexity index is 952. The molecule has 7 heteroatoms. The largest absolute Gasteiger partial charge is 0.497 e. The minimum atomic E-state index is -0.0249. The van der Waals surface area contributed by atoms with Crippen molar-refractivity contribution in [1.29, 1.82) is 5.41 Å². The summed E-state index contributed by atoms with van der Waals surface area (Å²) < 4.78 is 10.7. The number of hydrogen-bond acceptors (Lipinski definition) is 7. The molecule has 1 aromatic heterocycles. The number of nitrogens with one attached hydrogen (secondary N) is 1. The molecule has 0 fully saturated rings. The first-order chi connectivity index (χ1) is 13.0. The molecule has 0 unspecified atom stereocenters. The van der Waals surface area contributed by atoms with Crippen LogP contribution in [0.3, 0.4) is 0 Å². The van der Waals surface area contributed by atoms with E-state index in [1.54, 1.807) is 33.4 Å². The van der Waals surface area contributed by atoms with Crippen LogP contribution in [-0.4, -0.2) is 48.2 Å². The molecule has 0 atom stereocenters. The van der Waals surface area contributed by atoms with Crippen molar-refractivity contribution in [3.05, 3.63) is 48.3 Å². The number of aliphatic hydroxyl groups excluding tert-OH is 1. The number of anilines is 2. The van der Waals surface area contributed by atoms with Gasteiger partial charge in [-0.25, -0.2) is 4.98 Å². The van der Waals surface area contributed by atoms with Crippen molar-refractivity contribution in [2.45, 2.75) is 6.92 Å². The minimum Gasteiger partial charge on any atom is -0.497 e. The first kappa shape index (κ1) is 18.6. The second kappa shape index (κ2) is 8.01. The number of hydrogen-bond donors (Lipinski definition) is 2. The second-order valence-corrected chi connectivity index (χ2v) is 6.00. The van der Waals surface area contributed by atoms with Crippen molar-refractivity contribution in [2.75, 3.05) is 32.3 Å². The van der Waals surface area contributed by atoms with Crippen LogP contribution in [0, 0.1) is 5.41 Å². The van der Waals surface area contributed by atoms with Gasteiger partial charge in [-0.1, -0.05) is 0 Å². The van der Waals surface area contributed by atoms with Gasteiger partial charge in [0, 0.05) is 36.1 Å². The lowest BCUT2D eigenvalue weighted by Crippen LogP contribution is -2.21. The fourth-order valence-electron chi connectivity index (χ4n) is 2.80. The summed E-state index contributed by atoms with van der Waals surface area (Å²) in [5.41, 5.74) is 4.01. The van der Waals surface area contributed by atoms with E-state index in [1.165, 1.54) is 0 Å². The Labute approximate surface area is 157 Å². The van der Waals surface area contributed by atoms with E-state index in [9.17, 15) is 5.11 Å². The number of benzene rings is 2. The van der Waals surface area contributed by atoms with Gasteiger partial charge < -0.3 is 24.9 Å². The van der Waals surface area contributed by atoms with Crippen LogP contribution in [0.5, 0.6) is 11.5 Å². The predicted octanol–water partition coefficient (Wildman–Crippen LogP) is 3.17. The Balaban J connectivity index is 2.10. The monoisotopic (exact) mass is 366 g/mol. The summed E-state index contributed by atoms with van der Waals surface area (Å²) in [5.74, 6) is 1.32. The summed E-state index contributed by atoms with van der Waals surface area (Å²) in [6.45, 7) is 2.04. The number of ether oxygens (including phenoxy) is 2. The van der Waals surface area contributed by atoms with Crippen LogP contribution in [0.15, 0.2) is 42.6 Å². The summed E-state index contributed by atoms with van der Waals surface area (Å²) in [6.07, 6.45) is 1.60. The lowest BCUT2D eigenvalue weighted by molar-refractivity contribution is 0.305. The Kier molecular flexibility index (Phi) is 5.52. The molecule has 0 saturated carbocycles. The number of rotatable bonds is 7. The molecule has 0 radical (unpaired) electrons. The molecular formula is C20H22N4O3. The van der Waals surface area contributed by atoms with Crippen molar-refractivity contribution in [3.63, 3.8) is 0 Å². The van der Waals surface area contributed by atoms with Crippen molar-refractivity contribution in [2.24, 2.45) is 0 Å². The molecule has 0 saturated heterocycles. The summed E-state index contributed by atoms with van der Waals surface area (Å²) in [4.78, 5) is 10.8. The summed E-state index contributed by atoms with van der Waals surface area (Å²) >= 11 is 0. The van der Waals surface area contributed by atoms with Gasteiger partial charge in [-0.3, -0.25) is 4.98 Å². The molecule has 2 aromatic carbocycles. The van der Waals surface area contributed by atoms with E-state index in [-0.39, 0.29) is 6.61 Å². The molecular weight excluding hydrogens is 344 g/mol. The molecule has 2 N–H and O–H groups in total. The van der Waals surface area contributed by atoms with Gasteiger partial charge in [-0.15, -0.1) is 0 Å². The summed E-state index contributed by atoms with van der Waals surface area (Å²) in [5, 5.41) is 17.3. The van der Waals surface area contributed by atoms with Gasteiger partial charge in [-0.05, 0) is 25.1 Å². The standard InChI is InChI=1S/C20H22N4O3/c1-13(21)20-12-22-18-5-4-14(10-19(18)23-20)24(6-7-25)15-8-16(26-2)11-17(9-15)27-3/h4-5,8-12,21,25H,6-7H2,1-3H3. The molecule has 0 aliphatic rings. The van der Waals surface area contributed by atoms with E-state index in [0.29, 0.717) is 35.0 Å². The van der Waals surface area contributed by atoms with E-state index < -0.39 is 0 Å². The van der Waals surface area contributed by atoms with E-state index in [4.69, 9.17) is 14.9 Å². The normalized spacial score (nSPS) is 10.7. The molecule has 140 valence electrons. The van der Waals surface area contributed by atoms with Gasteiger partial charge >= 0.3 is 0 Å². The highest BCUT2D eigenvalue weighted by atomic mass is 16.5. The first-order valence-electron chi connectivity index (χ1n) is 8.49. The molecule has 0 spiro atoms. The van der Waals surface area contributed by atoms with Crippen LogP contribution in [0.4, 0.5) is 11.4 Å². The smallest absolute Gasteiger partial charge is 0.124 e. The second-order valence-electron chi connectivity index (χ2n) is 6.00. The van der Waals surface area contributed by atoms with Crippen LogP contribution < -0.4 is 14.4 Å². The van der Waals surface area contributed by atoms with Crippen LogP contribution >= 0.6 is 0 Å². The third-order valence-corrected chi connectivity index (χ3v) is 4.19. The Hall–Kier alpha value is -3.19. The van der Waals surface area contributed by atoms with Crippen molar-refractivity contribution >= 4 is 28.1 Å². The van der Waals surface area contributed by atoms with Gasteiger partial charge in [0.15, 0.2) is 0 Å². The third kappa shape index (κ3) is 3.98. The Morgan fingerprint density at radius 2 is 1.74 bits per heavy atom. The molecule has 0 aliphatic heterocycles. The number of methoxy groups -OCH3 is 2. The van der Waals surface area contributed by atoms with Crippen LogP contribution in [0.25, 0.3) is 11.0 Å². The van der Waals surface area contributed by atoms with Gasteiger partial charge in [0.25, 0.3) is 0 Å². The van der Waals surface area contributed by atoms with Crippen LogP contribution in [0.2, 0.25) is 0 Å². The summed E-state index contributed by atoms with van der Waals surface area (Å²) in [6, 6.07) is 11.3. The van der Waals surface area contributed by atoms with E-state index in [1.807, 2.05) is 35.2 Å². The molecule has 0 aliphatic carbocycles. The SMILES string of the molecule is COc1cc(OC)cc(N(CCO)c2ccc3ncc(C(C)=N)nc3c2)c1. The van der Waals surface area contributed by atoms with Gasteiger partial charge in [0.1, 0.15) is 17.2 Å². The average Bonchev–Trinajstić information content (AvgIpc) is 2.70. The van der Waals surface area contributed by atoms with Gasteiger partial charge in [0.2, 0.25) is 0 Å². The molecule has 3 aromatic rings. The number of fused-ring (bicyclic) bond motifs is 1. The number of aliphatic hydroxyl groups is 1. The number of nitrogens with zero attached hydrogens (tertiary/aromatic N) is 3. The average molecular weight is 366 g/mol. The quantitative estimate of drug-likeness (QED) is 0.624. The third-order valence-electron chi connectivity index (χ3n) is 4.19.